The fourth-order valence-corrected chi connectivity index (χ4v) is 3.90. The summed E-state index contributed by atoms with van der Waals surface area (Å²) >= 11 is 0. The van der Waals surface area contributed by atoms with Crippen molar-refractivity contribution < 1.29 is 4.79 Å². The van der Waals surface area contributed by atoms with Gasteiger partial charge >= 0.3 is 0 Å². The molecule has 1 aromatic heterocycles. The molecule has 0 radical (unpaired) electrons. The average Bonchev–Trinajstić information content (AvgIpc) is 3.06. The lowest BCUT2D eigenvalue weighted by Crippen LogP contribution is -2.36. The smallest absolute Gasteiger partial charge is 0.160 e. The van der Waals surface area contributed by atoms with Crippen LogP contribution < -0.4 is 10.9 Å². The third-order valence-electron chi connectivity index (χ3n) is 5.26. The first-order valence-electron chi connectivity index (χ1n) is 9.45. The molecule has 0 aliphatic carbocycles. The van der Waals surface area contributed by atoms with E-state index in [9.17, 15) is 4.79 Å². The van der Waals surface area contributed by atoms with Crippen molar-refractivity contribution in [2.24, 2.45) is 4.99 Å². The van der Waals surface area contributed by atoms with Crippen LogP contribution in [0.5, 0.6) is 0 Å². The summed E-state index contributed by atoms with van der Waals surface area (Å²) in [6, 6.07) is 8.33. The number of hydrazine groups is 1. The van der Waals surface area contributed by atoms with Crippen LogP contribution in [0.25, 0.3) is 5.69 Å². The second-order valence-corrected chi connectivity index (χ2v) is 7.22. The number of aldehydes is 1. The molecule has 1 atom stereocenters. The van der Waals surface area contributed by atoms with Crippen molar-refractivity contribution in [3.05, 3.63) is 52.8 Å². The molecule has 144 valence electrons. The molecular formula is C21H29N5O. The van der Waals surface area contributed by atoms with Crippen molar-refractivity contribution in [3.63, 3.8) is 0 Å². The minimum Gasteiger partial charge on any atom is -0.313 e. The highest BCUT2D eigenvalue weighted by Crippen LogP contribution is 2.32. The van der Waals surface area contributed by atoms with E-state index < -0.39 is 0 Å². The van der Waals surface area contributed by atoms with Crippen LogP contribution in [-0.2, 0) is 0 Å². The second-order valence-electron chi connectivity index (χ2n) is 7.22. The van der Waals surface area contributed by atoms with E-state index >= 15 is 0 Å². The summed E-state index contributed by atoms with van der Waals surface area (Å²) < 4.78 is 2.08. The van der Waals surface area contributed by atoms with Gasteiger partial charge in [0.05, 0.1) is 0 Å². The maximum atomic E-state index is 12.2. The summed E-state index contributed by atoms with van der Waals surface area (Å²) in [4.78, 5) is 18.9. The van der Waals surface area contributed by atoms with Gasteiger partial charge in [0.25, 0.3) is 0 Å². The van der Waals surface area contributed by atoms with Crippen LogP contribution in [0.1, 0.15) is 45.9 Å². The Hall–Kier alpha value is -2.44. The Morgan fingerprint density at radius 2 is 2.04 bits per heavy atom. The fourth-order valence-electron chi connectivity index (χ4n) is 3.90. The molecule has 0 bridgehead atoms. The molecule has 1 aliphatic heterocycles. The van der Waals surface area contributed by atoms with Crippen LogP contribution in [0.4, 0.5) is 0 Å². The Labute approximate surface area is 161 Å². The number of benzene rings is 1. The van der Waals surface area contributed by atoms with Crippen molar-refractivity contribution in [3.8, 4) is 5.69 Å². The molecule has 6 nitrogen and oxygen atoms in total. The largest absolute Gasteiger partial charge is 0.313 e. The Balaban J connectivity index is 2.18. The lowest BCUT2D eigenvalue weighted by Gasteiger charge is -2.29. The first kappa shape index (κ1) is 19.3. The van der Waals surface area contributed by atoms with E-state index in [4.69, 9.17) is 0 Å². The van der Waals surface area contributed by atoms with E-state index in [-0.39, 0.29) is 0 Å². The third-order valence-corrected chi connectivity index (χ3v) is 5.26. The summed E-state index contributed by atoms with van der Waals surface area (Å²) in [5, 5.41) is 0. The van der Waals surface area contributed by atoms with Gasteiger partial charge in [0.1, 0.15) is 5.69 Å². The van der Waals surface area contributed by atoms with Crippen LogP contribution in [0.2, 0.25) is 0 Å². The number of nitrogens with one attached hydrogen (secondary N) is 2. The minimum atomic E-state index is 0.349. The van der Waals surface area contributed by atoms with E-state index in [1.165, 1.54) is 5.56 Å². The standard InChI is InChI=1S/C21H29N5O/c1-15-7-9-17(10-8-15)26-13-18(16-6-5-11-25(4)12-16)19(14-27)20(26)21(22-2)24-23-3/h7-10,13-14,16,23H,5-6,11-12H2,1-4H3,(H,22,24). The number of amidine groups is 1. The predicted molar refractivity (Wildman–Crippen MR) is 110 cm³/mol. The third kappa shape index (κ3) is 3.96. The van der Waals surface area contributed by atoms with Gasteiger partial charge in [-0.2, -0.15) is 0 Å². The molecule has 1 saturated heterocycles. The number of aryl methyl sites for hydroxylation is 1. The quantitative estimate of drug-likeness (QED) is 0.369. The highest BCUT2D eigenvalue weighted by atomic mass is 16.1. The zero-order valence-corrected chi connectivity index (χ0v) is 16.6. The molecule has 1 fully saturated rings. The maximum absolute atomic E-state index is 12.2. The fraction of sp³-hybridized carbons (Fsp3) is 0.429. The molecule has 0 spiro atoms. The number of carbonyl (C=O) groups is 1. The number of carbonyl (C=O) groups excluding carboxylic acids is 1. The highest BCUT2D eigenvalue weighted by molar-refractivity contribution is 6.04. The molecule has 2 aromatic rings. The Bertz CT molecular complexity index is 822. The predicted octanol–water partition coefficient (Wildman–Crippen LogP) is 2.51. The van der Waals surface area contributed by atoms with Crippen molar-refractivity contribution in [2.45, 2.75) is 25.7 Å². The Kier molecular flexibility index (Phi) is 6.08. The van der Waals surface area contributed by atoms with Crippen LogP contribution >= 0.6 is 0 Å². The molecule has 1 unspecified atom stereocenters. The number of likely N-dealkylation sites (N-methyl/N-ethyl adjacent to an activating group) is 1. The van der Waals surface area contributed by atoms with Crippen molar-refractivity contribution >= 4 is 12.1 Å². The molecule has 27 heavy (non-hydrogen) atoms. The second kappa shape index (κ2) is 8.50. The van der Waals surface area contributed by atoms with E-state index in [1.54, 1.807) is 14.1 Å². The van der Waals surface area contributed by atoms with Gasteiger partial charge in [0, 0.05) is 38.1 Å². The zero-order chi connectivity index (χ0) is 19.4. The van der Waals surface area contributed by atoms with Gasteiger partial charge in [-0.15, -0.1) is 0 Å². The molecule has 1 aliphatic rings. The van der Waals surface area contributed by atoms with Gasteiger partial charge in [0.15, 0.2) is 12.1 Å². The lowest BCUT2D eigenvalue weighted by atomic mass is 9.90. The number of likely N-dealkylation sites (tertiary alicyclic amines) is 1. The van der Waals surface area contributed by atoms with E-state index in [0.29, 0.717) is 11.8 Å². The van der Waals surface area contributed by atoms with Gasteiger partial charge in [-0.25, -0.2) is 5.43 Å². The number of piperidine rings is 1. The molecule has 0 saturated carbocycles. The Morgan fingerprint density at radius 1 is 1.30 bits per heavy atom. The first-order valence-corrected chi connectivity index (χ1v) is 9.45. The average molecular weight is 367 g/mol. The molecular weight excluding hydrogens is 338 g/mol. The van der Waals surface area contributed by atoms with Crippen molar-refractivity contribution in [2.75, 3.05) is 34.2 Å². The molecule has 1 aromatic carbocycles. The van der Waals surface area contributed by atoms with E-state index in [2.05, 4.69) is 69.7 Å². The van der Waals surface area contributed by atoms with Gasteiger partial charge in [-0.3, -0.25) is 9.79 Å². The van der Waals surface area contributed by atoms with Crippen LogP contribution in [0, 0.1) is 6.92 Å². The SMILES string of the molecule is CN=C(NNC)c1c(C=O)c(C2CCCN(C)C2)cn1-c1ccc(C)cc1. The zero-order valence-electron chi connectivity index (χ0n) is 16.6. The van der Waals surface area contributed by atoms with Crippen molar-refractivity contribution in [1.29, 1.82) is 0 Å². The first-order chi connectivity index (χ1) is 13.1. The normalized spacial score (nSPS) is 18.5. The number of aromatic nitrogens is 1. The summed E-state index contributed by atoms with van der Waals surface area (Å²) in [5.74, 6) is 0.998. The lowest BCUT2D eigenvalue weighted by molar-refractivity contribution is 0.112. The van der Waals surface area contributed by atoms with Gasteiger partial charge < -0.3 is 14.9 Å². The van der Waals surface area contributed by atoms with E-state index in [1.807, 2.05) is 0 Å². The summed E-state index contributed by atoms with van der Waals surface area (Å²) in [7, 11) is 5.67. The minimum absolute atomic E-state index is 0.349. The van der Waals surface area contributed by atoms with Crippen molar-refractivity contribution in [1.82, 2.24) is 20.3 Å². The van der Waals surface area contributed by atoms with Crippen LogP contribution in [0.3, 0.4) is 0 Å². The maximum Gasteiger partial charge on any atom is 0.160 e. The number of nitrogens with zero attached hydrogens (tertiary/aromatic N) is 3. The number of hydrogen-bond acceptors (Lipinski definition) is 4. The Morgan fingerprint density at radius 3 is 2.63 bits per heavy atom. The summed E-state index contributed by atoms with van der Waals surface area (Å²) in [6.07, 6.45) is 5.34. The monoisotopic (exact) mass is 367 g/mol. The van der Waals surface area contributed by atoms with Gasteiger partial charge in [0.2, 0.25) is 0 Å². The summed E-state index contributed by atoms with van der Waals surface area (Å²) in [5.41, 5.74) is 10.9. The van der Waals surface area contributed by atoms with Crippen LogP contribution in [0.15, 0.2) is 35.5 Å². The molecule has 3 rings (SSSR count). The molecule has 2 N–H and O–H groups in total. The topological polar surface area (TPSA) is 61.7 Å². The van der Waals surface area contributed by atoms with Gasteiger partial charge in [-0.1, -0.05) is 17.7 Å². The van der Waals surface area contributed by atoms with Gasteiger partial charge in [-0.05, 0) is 57.0 Å². The number of hydrogen-bond donors (Lipinski definition) is 2. The molecule has 0 amide bonds. The summed E-state index contributed by atoms with van der Waals surface area (Å²) in [6.45, 7) is 4.15. The van der Waals surface area contributed by atoms with E-state index in [0.717, 1.165) is 54.7 Å². The number of rotatable bonds is 5. The highest BCUT2D eigenvalue weighted by Gasteiger charge is 2.27. The molecule has 6 heteroatoms. The molecule has 2 heterocycles. The number of aliphatic imine (C=N–C) groups is 1. The van der Waals surface area contributed by atoms with Crippen LogP contribution in [-0.4, -0.2) is 55.8 Å².